The maximum absolute atomic E-state index is 13.1. The van der Waals surface area contributed by atoms with E-state index in [1.807, 2.05) is 5.32 Å². The smallest absolute Gasteiger partial charge is 0.283 e. The summed E-state index contributed by atoms with van der Waals surface area (Å²) < 4.78 is 6.49. The largest absolute Gasteiger partial charge is 0.394 e. The first-order valence-corrected chi connectivity index (χ1v) is 8.52. The van der Waals surface area contributed by atoms with Gasteiger partial charge in [-0.3, -0.25) is 19.5 Å². The minimum Gasteiger partial charge on any atom is -0.394 e. The summed E-state index contributed by atoms with van der Waals surface area (Å²) in [6, 6.07) is -1.45. The first-order valence-electron chi connectivity index (χ1n) is 8.52. The van der Waals surface area contributed by atoms with Crippen molar-refractivity contribution in [2.75, 3.05) is 12.3 Å². The number of hydrogen-bond acceptors (Lipinski definition) is 12. The number of amides is 2. The summed E-state index contributed by atoms with van der Waals surface area (Å²) in [5.41, 5.74) is 8.86. The maximum atomic E-state index is 13.1. The van der Waals surface area contributed by atoms with Gasteiger partial charge in [-0.1, -0.05) is 0 Å². The van der Waals surface area contributed by atoms with E-state index in [0.717, 1.165) is 17.2 Å². The minimum atomic E-state index is -2.45. The number of fused-ring (bicyclic) bond motifs is 1. The summed E-state index contributed by atoms with van der Waals surface area (Å²) >= 11 is 0. The molecular weight excluding hydrogens is 390 g/mol. The molecule has 0 radical (unpaired) electrons. The number of aliphatic hydroxyl groups is 4. The van der Waals surface area contributed by atoms with Crippen LogP contribution in [-0.4, -0.2) is 88.8 Å². The van der Waals surface area contributed by atoms with E-state index < -0.39 is 54.6 Å². The topological polar surface area (TPSA) is 232 Å². The van der Waals surface area contributed by atoms with E-state index in [2.05, 4.69) is 15.0 Å². The standard InChI is InChI=1S/C15H21N7O7/c1-5(24)7(16)13(27)21-14(28)15(10(26)9(25)6(2-23)29-15)22-4-20-8-11(17)18-3-19-12(8)22/h3-7,9-10,23-26H,2,16H2,1H3,(H2,17,18,19)(H,21,27,28)/t5-,6-,7+,9-,10-,15+/m1/s1. The van der Waals surface area contributed by atoms with Gasteiger partial charge in [0.1, 0.15) is 42.5 Å². The zero-order chi connectivity index (χ0) is 21.5. The van der Waals surface area contributed by atoms with E-state index in [4.69, 9.17) is 16.2 Å². The Balaban J connectivity index is 2.12. The molecule has 1 aliphatic rings. The Morgan fingerprint density at radius 2 is 2.07 bits per heavy atom. The van der Waals surface area contributed by atoms with Crippen LogP contribution < -0.4 is 16.8 Å². The number of aromatic nitrogens is 4. The van der Waals surface area contributed by atoms with Gasteiger partial charge in [0, 0.05) is 0 Å². The van der Waals surface area contributed by atoms with Crippen molar-refractivity contribution in [3.05, 3.63) is 12.7 Å². The molecule has 1 fully saturated rings. The number of carbonyl (C=O) groups excluding carboxylic acids is 2. The molecule has 1 aliphatic heterocycles. The number of nitrogens with zero attached hydrogens (tertiary/aromatic N) is 4. The number of hydrogen-bond donors (Lipinski definition) is 7. The predicted molar refractivity (Wildman–Crippen MR) is 94.5 cm³/mol. The van der Waals surface area contributed by atoms with Crippen molar-refractivity contribution in [1.82, 2.24) is 24.8 Å². The van der Waals surface area contributed by atoms with Gasteiger partial charge in [-0.15, -0.1) is 0 Å². The molecule has 3 rings (SSSR count). The molecule has 2 amide bonds. The third kappa shape index (κ3) is 3.21. The first-order chi connectivity index (χ1) is 13.6. The van der Waals surface area contributed by atoms with E-state index >= 15 is 0 Å². The van der Waals surface area contributed by atoms with Gasteiger partial charge in [0.2, 0.25) is 5.91 Å². The molecule has 0 saturated carbocycles. The number of imide groups is 1. The normalized spacial score (nSPS) is 29.0. The van der Waals surface area contributed by atoms with Gasteiger partial charge in [-0.2, -0.15) is 0 Å². The number of imidazole rings is 1. The second-order valence-corrected chi connectivity index (χ2v) is 6.60. The molecule has 158 valence electrons. The highest BCUT2D eigenvalue weighted by atomic mass is 16.6. The molecular formula is C15H21N7O7. The minimum absolute atomic E-state index is 0.0248. The Kier molecular flexibility index (Phi) is 5.48. The van der Waals surface area contributed by atoms with Crippen molar-refractivity contribution in [3.63, 3.8) is 0 Å². The van der Waals surface area contributed by atoms with Crippen molar-refractivity contribution in [2.45, 2.75) is 43.1 Å². The van der Waals surface area contributed by atoms with Crippen molar-refractivity contribution >= 4 is 28.8 Å². The van der Waals surface area contributed by atoms with Crippen LogP contribution in [0.3, 0.4) is 0 Å². The monoisotopic (exact) mass is 411 g/mol. The van der Waals surface area contributed by atoms with Crippen LogP contribution in [0, 0.1) is 0 Å². The Morgan fingerprint density at radius 1 is 1.38 bits per heavy atom. The van der Waals surface area contributed by atoms with Gasteiger partial charge in [0.15, 0.2) is 11.5 Å². The van der Waals surface area contributed by atoms with E-state index in [9.17, 15) is 30.0 Å². The summed E-state index contributed by atoms with van der Waals surface area (Å²) in [5, 5.41) is 41.8. The first kappa shape index (κ1) is 21.0. The summed E-state index contributed by atoms with van der Waals surface area (Å²) in [6.45, 7) is 0.512. The molecule has 29 heavy (non-hydrogen) atoms. The van der Waals surface area contributed by atoms with Crippen LogP contribution in [0.25, 0.3) is 11.2 Å². The Morgan fingerprint density at radius 3 is 2.66 bits per heavy atom. The van der Waals surface area contributed by atoms with E-state index in [1.165, 1.54) is 6.92 Å². The van der Waals surface area contributed by atoms with Gasteiger partial charge in [0.25, 0.3) is 11.6 Å². The maximum Gasteiger partial charge on any atom is 0.283 e. The van der Waals surface area contributed by atoms with Crippen LogP contribution in [0.4, 0.5) is 5.82 Å². The van der Waals surface area contributed by atoms with Crippen molar-refractivity contribution < 1.29 is 34.8 Å². The fraction of sp³-hybridized carbons (Fsp3) is 0.533. The lowest BCUT2D eigenvalue weighted by Gasteiger charge is -2.32. The van der Waals surface area contributed by atoms with Crippen LogP contribution in [0.2, 0.25) is 0 Å². The van der Waals surface area contributed by atoms with E-state index in [-0.39, 0.29) is 17.0 Å². The number of carbonyl (C=O) groups is 2. The summed E-state index contributed by atoms with van der Waals surface area (Å²) in [6.07, 6.45) is -4.13. The second-order valence-electron chi connectivity index (χ2n) is 6.60. The van der Waals surface area contributed by atoms with Gasteiger partial charge in [-0.25, -0.2) is 15.0 Å². The predicted octanol–water partition coefficient (Wildman–Crippen LogP) is -4.47. The number of nitrogens with one attached hydrogen (secondary N) is 1. The molecule has 0 unspecified atom stereocenters. The van der Waals surface area contributed by atoms with Gasteiger partial charge in [0.05, 0.1) is 12.7 Å². The fourth-order valence-corrected chi connectivity index (χ4v) is 3.05. The molecule has 3 heterocycles. The molecule has 0 aliphatic carbocycles. The number of nitrogens with two attached hydrogens (primary N) is 2. The molecule has 6 atom stereocenters. The summed E-state index contributed by atoms with van der Waals surface area (Å²) in [4.78, 5) is 37.0. The summed E-state index contributed by atoms with van der Waals surface area (Å²) in [5.74, 6) is -2.30. The number of anilines is 1. The van der Waals surface area contributed by atoms with Crippen molar-refractivity contribution in [3.8, 4) is 0 Å². The Labute approximate surface area is 163 Å². The molecule has 0 bridgehead atoms. The zero-order valence-corrected chi connectivity index (χ0v) is 15.2. The Bertz CT molecular complexity index is 935. The van der Waals surface area contributed by atoms with Crippen molar-refractivity contribution in [2.24, 2.45) is 5.73 Å². The number of rotatable bonds is 5. The quantitative estimate of drug-likeness (QED) is 0.247. The van der Waals surface area contributed by atoms with Crippen LogP contribution in [0.5, 0.6) is 0 Å². The van der Waals surface area contributed by atoms with Crippen LogP contribution >= 0.6 is 0 Å². The third-order valence-corrected chi connectivity index (χ3v) is 4.72. The molecule has 14 nitrogen and oxygen atoms in total. The highest BCUT2D eigenvalue weighted by Gasteiger charge is 2.61. The second kappa shape index (κ2) is 7.58. The molecule has 14 heteroatoms. The van der Waals surface area contributed by atoms with E-state index in [0.29, 0.717) is 0 Å². The lowest BCUT2D eigenvalue weighted by molar-refractivity contribution is -0.177. The molecule has 1 saturated heterocycles. The number of aliphatic hydroxyl groups excluding tert-OH is 4. The van der Waals surface area contributed by atoms with Gasteiger partial charge in [-0.05, 0) is 6.92 Å². The van der Waals surface area contributed by atoms with Gasteiger partial charge >= 0.3 is 0 Å². The van der Waals surface area contributed by atoms with Crippen LogP contribution in [0.15, 0.2) is 12.7 Å². The SMILES string of the molecule is C[C@@H](O)[C@H](N)C(=O)NC(=O)[C@@]1(n2cnc3c(N)ncnc32)O[C@H](CO)[C@@H](O)[C@H]1O. The highest BCUT2D eigenvalue weighted by Crippen LogP contribution is 2.38. The lowest BCUT2D eigenvalue weighted by atomic mass is 10.0. The molecule has 0 spiro atoms. The Hall–Kier alpha value is -2.75. The molecule has 2 aromatic rings. The van der Waals surface area contributed by atoms with Crippen LogP contribution in [0.1, 0.15) is 6.92 Å². The highest BCUT2D eigenvalue weighted by molar-refractivity contribution is 6.01. The molecule has 0 aromatic carbocycles. The van der Waals surface area contributed by atoms with Crippen molar-refractivity contribution in [1.29, 1.82) is 0 Å². The zero-order valence-electron chi connectivity index (χ0n) is 15.2. The summed E-state index contributed by atoms with van der Waals surface area (Å²) in [7, 11) is 0. The van der Waals surface area contributed by atoms with Crippen LogP contribution in [-0.2, 0) is 20.1 Å². The number of nitrogen functional groups attached to an aromatic ring is 1. The third-order valence-electron chi connectivity index (χ3n) is 4.72. The van der Waals surface area contributed by atoms with E-state index in [1.54, 1.807) is 0 Å². The lowest BCUT2D eigenvalue weighted by Crippen LogP contribution is -2.60. The average molecular weight is 411 g/mol. The molecule has 2 aromatic heterocycles. The average Bonchev–Trinajstić information content (AvgIpc) is 3.22. The fourth-order valence-electron chi connectivity index (χ4n) is 3.05. The van der Waals surface area contributed by atoms with Gasteiger partial charge < -0.3 is 36.6 Å². The molecule has 9 N–H and O–H groups in total. The number of ether oxygens (including phenoxy) is 1.